The first kappa shape index (κ1) is 13.4. The van der Waals surface area contributed by atoms with E-state index in [4.69, 9.17) is 9.40 Å². The second kappa shape index (κ2) is 5.52. The molecular formula is C18H21N3O. The molecule has 0 spiro atoms. The fourth-order valence-electron chi connectivity index (χ4n) is 3.41. The van der Waals surface area contributed by atoms with Crippen molar-refractivity contribution in [3.05, 3.63) is 42.3 Å². The highest BCUT2D eigenvalue weighted by Crippen LogP contribution is 2.32. The van der Waals surface area contributed by atoms with Gasteiger partial charge in [0.15, 0.2) is 5.76 Å². The van der Waals surface area contributed by atoms with Gasteiger partial charge >= 0.3 is 0 Å². The van der Waals surface area contributed by atoms with E-state index in [0.717, 1.165) is 22.9 Å². The standard InChI is InChI=1S/C18H21N3O/c1-13-7-5-11-16-20-17(15-10-6-12-22-15)18(21(13)16)19-14-8-3-2-4-9-14/h5-7,10-12,14,19H,2-4,8-9H2,1H3. The Labute approximate surface area is 130 Å². The van der Waals surface area contributed by atoms with Gasteiger partial charge in [-0.15, -0.1) is 0 Å². The van der Waals surface area contributed by atoms with E-state index in [-0.39, 0.29) is 0 Å². The van der Waals surface area contributed by atoms with Crippen LogP contribution in [-0.2, 0) is 0 Å². The molecule has 3 aromatic rings. The molecule has 0 aromatic carbocycles. The fourth-order valence-corrected chi connectivity index (χ4v) is 3.41. The lowest BCUT2D eigenvalue weighted by Crippen LogP contribution is -2.23. The molecule has 4 rings (SSSR count). The Hall–Kier alpha value is -2.23. The summed E-state index contributed by atoms with van der Waals surface area (Å²) < 4.78 is 7.80. The summed E-state index contributed by atoms with van der Waals surface area (Å²) in [6, 6.07) is 10.6. The largest absolute Gasteiger partial charge is 0.463 e. The molecule has 0 saturated heterocycles. The number of furan rings is 1. The van der Waals surface area contributed by atoms with Gasteiger partial charge in [-0.05, 0) is 44.0 Å². The first-order valence-electron chi connectivity index (χ1n) is 8.11. The number of fused-ring (bicyclic) bond motifs is 1. The van der Waals surface area contributed by atoms with Crippen molar-refractivity contribution in [3.63, 3.8) is 0 Å². The van der Waals surface area contributed by atoms with Crippen molar-refractivity contribution >= 4 is 11.5 Å². The van der Waals surface area contributed by atoms with Gasteiger partial charge in [0, 0.05) is 11.7 Å². The molecule has 1 N–H and O–H groups in total. The average Bonchev–Trinajstić information content (AvgIpc) is 3.17. The lowest BCUT2D eigenvalue weighted by Gasteiger charge is -2.24. The number of rotatable bonds is 3. The molecule has 1 aliphatic carbocycles. The highest BCUT2D eigenvalue weighted by atomic mass is 16.3. The number of imidazole rings is 1. The lowest BCUT2D eigenvalue weighted by molar-refractivity contribution is 0.461. The van der Waals surface area contributed by atoms with Gasteiger partial charge in [-0.2, -0.15) is 0 Å². The first-order valence-corrected chi connectivity index (χ1v) is 8.11. The van der Waals surface area contributed by atoms with Gasteiger partial charge < -0.3 is 9.73 Å². The smallest absolute Gasteiger partial charge is 0.156 e. The van der Waals surface area contributed by atoms with Gasteiger partial charge in [0.1, 0.15) is 17.2 Å². The molecule has 0 radical (unpaired) electrons. The van der Waals surface area contributed by atoms with Crippen LogP contribution in [0.15, 0.2) is 41.0 Å². The number of anilines is 1. The van der Waals surface area contributed by atoms with Crippen molar-refractivity contribution in [2.24, 2.45) is 0 Å². The van der Waals surface area contributed by atoms with Crippen LogP contribution in [0.3, 0.4) is 0 Å². The molecule has 114 valence electrons. The van der Waals surface area contributed by atoms with E-state index in [0.29, 0.717) is 6.04 Å². The summed E-state index contributed by atoms with van der Waals surface area (Å²) in [5.41, 5.74) is 3.05. The van der Waals surface area contributed by atoms with Gasteiger partial charge in [-0.1, -0.05) is 25.3 Å². The zero-order chi connectivity index (χ0) is 14.9. The highest BCUT2D eigenvalue weighted by molar-refractivity contribution is 5.74. The molecule has 4 nitrogen and oxygen atoms in total. The molecule has 4 heteroatoms. The molecule has 1 aliphatic rings. The first-order chi connectivity index (χ1) is 10.8. The zero-order valence-corrected chi connectivity index (χ0v) is 12.9. The molecule has 1 saturated carbocycles. The van der Waals surface area contributed by atoms with E-state index in [2.05, 4.69) is 22.7 Å². The molecule has 0 bridgehead atoms. The topological polar surface area (TPSA) is 42.5 Å². The number of pyridine rings is 1. The van der Waals surface area contributed by atoms with Gasteiger partial charge in [0.05, 0.1) is 6.26 Å². The fraction of sp³-hybridized carbons (Fsp3) is 0.389. The number of hydrogen-bond acceptors (Lipinski definition) is 3. The van der Waals surface area contributed by atoms with Gasteiger partial charge in [-0.25, -0.2) is 4.98 Å². The summed E-state index contributed by atoms with van der Waals surface area (Å²) in [7, 11) is 0. The predicted molar refractivity (Wildman–Crippen MR) is 88.1 cm³/mol. The third-order valence-electron chi connectivity index (χ3n) is 4.54. The summed E-state index contributed by atoms with van der Waals surface area (Å²) in [4.78, 5) is 4.79. The van der Waals surface area contributed by atoms with E-state index in [1.807, 2.05) is 24.3 Å². The Kier molecular flexibility index (Phi) is 3.37. The molecule has 0 unspecified atom stereocenters. The Morgan fingerprint density at radius 1 is 1.14 bits per heavy atom. The summed E-state index contributed by atoms with van der Waals surface area (Å²) in [5.74, 6) is 1.89. The van der Waals surface area contributed by atoms with Gasteiger partial charge in [0.25, 0.3) is 0 Å². The Bertz CT molecular complexity index is 767. The SMILES string of the molecule is Cc1cccc2nc(-c3ccco3)c(NC3CCCCC3)n12. The second-order valence-corrected chi connectivity index (χ2v) is 6.13. The number of aryl methyl sites for hydroxylation is 1. The summed E-state index contributed by atoms with van der Waals surface area (Å²) in [5, 5.41) is 3.74. The molecule has 0 aliphatic heterocycles. The highest BCUT2D eigenvalue weighted by Gasteiger charge is 2.21. The maximum atomic E-state index is 5.60. The minimum Gasteiger partial charge on any atom is -0.463 e. The Morgan fingerprint density at radius 2 is 2.00 bits per heavy atom. The van der Waals surface area contributed by atoms with Crippen LogP contribution in [0, 0.1) is 6.92 Å². The third kappa shape index (κ3) is 2.28. The van der Waals surface area contributed by atoms with Crippen LogP contribution >= 0.6 is 0 Å². The van der Waals surface area contributed by atoms with E-state index < -0.39 is 0 Å². The molecule has 0 atom stereocenters. The summed E-state index contributed by atoms with van der Waals surface area (Å²) >= 11 is 0. The van der Waals surface area contributed by atoms with Gasteiger partial charge in [0.2, 0.25) is 0 Å². The minimum absolute atomic E-state index is 0.530. The molecule has 3 heterocycles. The molecular weight excluding hydrogens is 274 g/mol. The monoisotopic (exact) mass is 295 g/mol. The normalized spacial score (nSPS) is 16.2. The van der Waals surface area contributed by atoms with Crippen molar-refractivity contribution in [3.8, 4) is 11.5 Å². The van der Waals surface area contributed by atoms with Crippen molar-refractivity contribution in [1.29, 1.82) is 0 Å². The van der Waals surface area contributed by atoms with E-state index in [9.17, 15) is 0 Å². The van der Waals surface area contributed by atoms with Crippen molar-refractivity contribution < 1.29 is 4.42 Å². The number of hydrogen-bond donors (Lipinski definition) is 1. The van der Waals surface area contributed by atoms with Crippen molar-refractivity contribution in [2.45, 2.75) is 45.1 Å². The maximum Gasteiger partial charge on any atom is 0.156 e. The Morgan fingerprint density at radius 3 is 2.77 bits per heavy atom. The van der Waals surface area contributed by atoms with Crippen LogP contribution in [0.4, 0.5) is 5.82 Å². The van der Waals surface area contributed by atoms with Crippen LogP contribution in [0.1, 0.15) is 37.8 Å². The quantitative estimate of drug-likeness (QED) is 0.765. The predicted octanol–water partition coefficient (Wildman–Crippen LogP) is 4.65. The second-order valence-electron chi connectivity index (χ2n) is 6.13. The zero-order valence-electron chi connectivity index (χ0n) is 12.9. The summed E-state index contributed by atoms with van der Waals surface area (Å²) in [6.07, 6.45) is 8.15. The lowest BCUT2D eigenvalue weighted by atomic mass is 9.95. The van der Waals surface area contributed by atoms with Crippen LogP contribution in [0.25, 0.3) is 17.1 Å². The maximum absolute atomic E-state index is 5.60. The van der Waals surface area contributed by atoms with Crippen molar-refractivity contribution in [1.82, 2.24) is 9.38 Å². The van der Waals surface area contributed by atoms with E-state index in [1.165, 1.54) is 37.8 Å². The summed E-state index contributed by atoms with van der Waals surface area (Å²) in [6.45, 7) is 2.12. The van der Waals surface area contributed by atoms with Crippen LogP contribution < -0.4 is 5.32 Å². The van der Waals surface area contributed by atoms with Crippen LogP contribution in [-0.4, -0.2) is 15.4 Å². The van der Waals surface area contributed by atoms with Gasteiger partial charge in [-0.3, -0.25) is 4.40 Å². The third-order valence-corrected chi connectivity index (χ3v) is 4.54. The average molecular weight is 295 g/mol. The number of aromatic nitrogens is 2. The van der Waals surface area contributed by atoms with Crippen molar-refractivity contribution in [2.75, 3.05) is 5.32 Å². The Balaban J connectivity index is 1.83. The number of nitrogens with one attached hydrogen (secondary N) is 1. The number of nitrogens with zero attached hydrogens (tertiary/aromatic N) is 2. The molecule has 1 fully saturated rings. The van der Waals surface area contributed by atoms with Crippen LogP contribution in [0.5, 0.6) is 0 Å². The molecule has 3 aromatic heterocycles. The minimum atomic E-state index is 0.530. The molecule has 0 amide bonds. The van der Waals surface area contributed by atoms with Crippen LogP contribution in [0.2, 0.25) is 0 Å². The van der Waals surface area contributed by atoms with E-state index >= 15 is 0 Å². The van der Waals surface area contributed by atoms with E-state index in [1.54, 1.807) is 6.26 Å². The molecule has 22 heavy (non-hydrogen) atoms.